The molecule has 0 radical (unpaired) electrons. The lowest BCUT2D eigenvalue weighted by atomic mass is 9.84. The highest BCUT2D eigenvalue weighted by Gasteiger charge is 2.26. The van der Waals surface area contributed by atoms with E-state index in [9.17, 15) is 13.2 Å². The zero-order valence-corrected chi connectivity index (χ0v) is 17.3. The average Bonchev–Trinajstić information content (AvgIpc) is 2.53. The van der Waals surface area contributed by atoms with Gasteiger partial charge in [-0.25, -0.2) is 13.1 Å². The van der Waals surface area contributed by atoms with Crippen molar-refractivity contribution < 1.29 is 13.2 Å². The van der Waals surface area contributed by atoms with Crippen LogP contribution >= 0.6 is 12.4 Å². The maximum absolute atomic E-state index is 12.4. The number of sulfonamides is 1. The van der Waals surface area contributed by atoms with Crippen molar-refractivity contribution in [2.75, 3.05) is 6.54 Å². The number of nitrogens with two attached hydrogens (primary N) is 1. The van der Waals surface area contributed by atoms with Crippen molar-refractivity contribution in [2.24, 2.45) is 11.7 Å². The van der Waals surface area contributed by atoms with E-state index in [4.69, 9.17) is 5.73 Å². The van der Waals surface area contributed by atoms with Crippen LogP contribution in [0.5, 0.6) is 0 Å². The molecule has 0 aliphatic heterocycles. The molecular weight excluding hydrogens is 374 g/mol. The molecule has 0 bridgehead atoms. The fourth-order valence-corrected chi connectivity index (χ4v) is 4.60. The molecule has 0 aromatic heterocycles. The molecule has 1 fully saturated rings. The Morgan fingerprint density at radius 3 is 2.27 bits per heavy atom. The first-order chi connectivity index (χ1) is 11.6. The molecule has 2 rings (SSSR count). The van der Waals surface area contributed by atoms with Gasteiger partial charge in [-0.3, -0.25) is 4.79 Å². The first-order valence-electron chi connectivity index (χ1n) is 8.77. The van der Waals surface area contributed by atoms with Gasteiger partial charge in [-0.1, -0.05) is 12.8 Å². The maximum Gasteiger partial charge on any atom is 0.251 e. The summed E-state index contributed by atoms with van der Waals surface area (Å²) >= 11 is 0. The Balaban J connectivity index is 0.00000338. The number of hydrogen-bond donors (Lipinski definition) is 3. The van der Waals surface area contributed by atoms with Crippen molar-refractivity contribution in [3.05, 3.63) is 29.8 Å². The van der Waals surface area contributed by atoms with Crippen LogP contribution < -0.4 is 15.8 Å². The molecule has 2 unspecified atom stereocenters. The third-order valence-electron chi connectivity index (χ3n) is 4.40. The largest absolute Gasteiger partial charge is 0.349 e. The molecule has 0 heterocycles. The number of amides is 1. The second-order valence-electron chi connectivity index (χ2n) is 7.74. The van der Waals surface area contributed by atoms with Crippen LogP contribution in [-0.4, -0.2) is 32.5 Å². The van der Waals surface area contributed by atoms with Crippen LogP contribution in [0.4, 0.5) is 0 Å². The predicted molar refractivity (Wildman–Crippen MR) is 106 cm³/mol. The van der Waals surface area contributed by atoms with Crippen LogP contribution in [0.2, 0.25) is 0 Å². The molecule has 6 nitrogen and oxygen atoms in total. The molecule has 1 aromatic carbocycles. The molecule has 26 heavy (non-hydrogen) atoms. The second kappa shape index (κ2) is 9.17. The van der Waals surface area contributed by atoms with Crippen LogP contribution in [0.25, 0.3) is 0 Å². The summed E-state index contributed by atoms with van der Waals surface area (Å²) in [5.74, 6) is 0.131. The summed E-state index contributed by atoms with van der Waals surface area (Å²) < 4.78 is 27.2. The number of halogens is 1. The number of hydrogen-bond acceptors (Lipinski definition) is 4. The summed E-state index contributed by atoms with van der Waals surface area (Å²) in [4.78, 5) is 12.6. The van der Waals surface area contributed by atoms with Crippen molar-refractivity contribution >= 4 is 28.3 Å². The highest BCUT2D eigenvalue weighted by Crippen LogP contribution is 2.24. The third-order valence-corrected chi connectivity index (χ3v) is 6.17. The standard InChI is InChI=1S/C18H29N3O3S.ClH/c1-18(2,3)21-25(23,24)15-10-8-13(9-11-15)17(22)20-16-7-5-4-6-14(16)12-19;/h8-11,14,16,21H,4-7,12,19H2,1-3H3,(H,20,22);1H. The van der Waals surface area contributed by atoms with Gasteiger partial charge in [0, 0.05) is 17.1 Å². The first kappa shape index (κ1) is 22.9. The Labute approximate surface area is 162 Å². The highest BCUT2D eigenvalue weighted by molar-refractivity contribution is 7.89. The lowest BCUT2D eigenvalue weighted by Crippen LogP contribution is -2.44. The van der Waals surface area contributed by atoms with E-state index >= 15 is 0 Å². The molecule has 1 saturated carbocycles. The van der Waals surface area contributed by atoms with E-state index in [2.05, 4.69) is 10.0 Å². The molecule has 2 atom stereocenters. The Morgan fingerprint density at radius 2 is 1.73 bits per heavy atom. The molecular formula is C18H30ClN3O3S. The number of carbonyl (C=O) groups excluding carboxylic acids is 1. The van der Waals surface area contributed by atoms with E-state index in [1.165, 1.54) is 12.1 Å². The minimum absolute atomic E-state index is 0. The molecule has 0 spiro atoms. The highest BCUT2D eigenvalue weighted by atomic mass is 35.5. The molecule has 1 amide bonds. The maximum atomic E-state index is 12.4. The van der Waals surface area contributed by atoms with Crippen LogP contribution in [0.15, 0.2) is 29.2 Å². The minimum Gasteiger partial charge on any atom is -0.349 e. The lowest BCUT2D eigenvalue weighted by Gasteiger charge is -2.31. The SMILES string of the molecule is CC(C)(C)NS(=O)(=O)c1ccc(C(=O)NC2CCCCC2CN)cc1.Cl. The number of nitrogens with one attached hydrogen (secondary N) is 2. The topological polar surface area (TPSA) is 101 Å². The van der Waals surface area contributed by atoms with Crippen molar-refractivity contribution in [3.63, 3.8) is 0 Å². The van der Waals surface area contributed by atoms with E-state index in [-0.39, 0.29) is 29.3 Å². The average molecular weight is 404 g/mol. The summed E-state index contributed by atoms with van der Waals surface area (Å²) in [5, 5.41) is 3.05. The Kier molecular flexibility index (Phi) is 8.07. The van der Waals surface area contributed by atoms with E-state index in [0.717, 1.165) is 25.7 Å². The minimum atomic E-state index is -3.60. The van der Waals surface area contributed by atoms with E-state index < -0.39 is 15.6 Å². The second-order valence-corrected chi connectivity index (χ2v) is 9.42. The number of carbonyl (C=O) groups is 1. The number of benzene rings is 1. The smallest absolute Gasteiger partial charge is 0.251 e. The summed E-state index contributed by atoms with van der Waals surface area (Å²) in [6.07, 6.45) is 4.23. The van der Waals surface area contributed by atoms with Crippen molar-refractivity contribution in [1.82, 2.24) is 10.0 Å². The lowest BCUT2D eigenvalue weighted by molar-refractivity contribution is 0.0908. The van der Waals surface area contributed by atoms with Crippen LogP contribution in [-0.2, 0) is 10.0 Å². The first-order valence-corrected chi connectivity index (χ1v) is 10.3. The molecule has 1 aliphatic rings. The monoisotopic (exact) mass is 403 g/mol. The van der Waals surface area contributed by atoms with Crippen molar-refractivity contribution in [1.29, 1.82) is 0 Å². The molecule has 0 saturated heterocycles. The van der Waals surface area contributed by atoms with Gasteiger partial charge in [0.25, 0.3) is 5.91 Å². The van der Waals surface area contributed by atoms with Crippen LogP contribution in [0.3, 0.4) is 0 Å². The van der Waals surface area contributed by atoms with E-state index in [0.29, 0.717) is 18.0 Å². The summed E-state index contributed by atoms with van der Waals surface area (Å²) in [5.41, 5.74) is 5.69. The van der Waals surface area contributed by atoms with Gasteiger partial charge in [0.05, 0.1) is 4.90 Å². The Hall–Kier alpha value is -1.15. The van der Waals surface area contributed by atoms with Crippen molar-refractivity contribution in [2.45, 2.75) is 62.9 Å². The van der Waals surface area contributed by atoms with Gasteiger partial charge in [-0.05, 0) is 70.3 Å². The Morgan fingerprint density at radius 1 is 1.15 bits per heavy atom. The van der Waals surface area contributed by atoms with Gasteiger partial charge in [0.1, 0.15) is 0 Å². The summed E-state index contributed by atoms with van der Waals surface area (Å²) in [6, 6.07) is 6.12. The predicted octanol–water partition coefficient (Wildman–Crippen LogP) is 2.43. The quantitative estimate of drug-likeness (QED) is 0.702. The molecule has 1 aliphatic carbocycles. The molecule has 1 aromatic rings. The van der Waals surface area contributed by atoms with Crippen LogP contribution in [0.1, 0.15) is 56.8 Å². The summed E-state index contributed by atoms with van der Waals surface area (Å²) in [6.45, 7) is 5.92. The van der Waals surface area contributed by atoms with Gasteiger partial charge < -0.3 is 11.1 Å². The zero-order valence-electron chi connectivity index (χ0n) is 15.6. The van der Waals surface area contributed by atoms with Crippen LogP contribution in [0, 0.1) is 5.92 Å². The molecule has 8 heteroatoms. The van der Waals surface area contributed by atoms with Gasteiger partial charge in [0.15, 0.2) is 0 Å². The number of rotatable bonds is 5. The van der Waals surface area contributed by atoms with E-state index in [1.54, 1.807) is 32.9 Å². The van der Waals surface area contributed by atoms with Crippen molar-refractivity contribution in [3.8, 4) is 0 Å². The van der Waals surface area contributed by atoms with E-state index in [1.807, 2.05) is 0 Å². The Bertz CT molecular complexity index is 699. The fraction of sp³-hybridized carbons (Fsp3) is 0.611. The van der Waals surface area contributed by atoms with Gasteiger partial charge in [0.2, 0.25) is 10.0 Å². The van der Waals surface area contributed by atoms with Gasteiger partial charge in [-0.15, -0.1) is 12.4 Å². The molecule has 4 N–H and O–H groups in total. The third kappa shape index (κ3) is 6.23. The normalized spacial score (nSPS) is 20.9. The van der Waals surface area contributed by atoms with Gasteiger partial charge in [-0.2, -0.15) is 0 Å². The molecule has 148 valence electrons. The summed E-state index contributed by atoms with van der Waals surface area (Å²) in [7, 11) is -3.60. The van der Waals surface area contributed by atoms with Gasteiger partial charge >= 0.3 is 0 Å². The fourth-order valence-electron chi connectivity index (χ4n) is 3.18. The zero-order chi connectivity index (χ0) is 18.7.